The number of amides is 1. The minimum Gasteiger partial charge on any atom is -0.388 e. The molecule has 1 aliphatic rings. The molecule has 0 saturated heterocycles. The van der Waals surface area contributed by atoms with E-state index in [0.29, 0.717) is 24.6 Å². The van der Waals surface area contributed by atoms with Crippen LogP contribution in [0.15, 0.2) is 24.3 Å². The topological polar surface area (TPSA) is 52.6 Å². The predicted molar refractivity (Wildman–Crippen MR) is 83.9 cm³/mol. The fraction of sp³-hybridized carbons (Fsp3) is 0.588. The standard InChI is InChI=1S/C17H25FN2O2/c1-3-20(15-8-9-15)11-17(22)19-12(2)10-16(21)13-4-6-14(18)7-5-13/h4-7,12,15-16,21H,3,8-11H2,1-2H3,(H,19,22). The Morgan fingerprint density at radius 1 is 1.41 bits per heavy atom. The Morgan fingerprint density at radius 3 is 2.59 bits per heavy atom. The highest BCUT2D eigenvalue weighted by Gasteiger charge is 2.29. The summed E-state index contributed by atoms with van der Waals surface area (Å²) >= 11 is 0. The van der Waals surface area contributed by atoms with Crippen molar-refractivity contribution >= 4 is 5.91 Å². The molecule has 0 spiro atoms. The van der Waals surface area contributed by atoms with Gasteiger partial charge in [0.1, 0.15) is 5.82 Å². The van der Waals surface area contributed by atoms with Gasteiger partial charge in [0, 0.05) is 12.1 Å². The van der Waals surface area contributed by atoms with Crippen LogP contribution in [0, 0.1) is 5.82 Å². The second-order valence-electron chi connectivity index (χ2n) is 6.07. The number of carbonyl (C=O) groups excluding carboxylic acids is 1. The van der Waals surface area contributed by atoms with Crippen LogP contribution in [0.2, 0.25) is 0 Å². The molecule has 2 rings (SSSR count). The van der Waals surface area contributed by atoms with Crippen LogP contribution >= 0.6 is 0 Å². The Kier molecular flexibility index (Phi) is 5.91. The Bertz CT molecular complexity index is 488. The monoisotopic (exact) mass is 308 g/mol. The summed E-state index contributed by atoms with van der Waals surface area (Å²) in [6.07, 6.45) is 2.06. The molecule has 1 aromatic carbocycles. The van der Waals surface area contributed by atoms with Gasteiger partial charge in [-0.1, -0.05) is 19.1 Å². The molecule has 122 valence electrons. The number of aliphatic hydroxyl groups is 1. The third-order valence-electron chi connectivity index (χ3n) is 4.06. The van der Waals surface area contributed by atoms with Gasteiger partial charge in [0.15, 0.2) is 0 Å². The van der Waals surface area contributed by atoms with E-state index >= 15 is 0 Å². The number of benzene rings is 1. The molecule has 2 atom stereocenters. The minimum absolute atomic E-state index is 0.00689. The number of likely N-dealkylation sites (N-methyl/N-ethyl adjacent to an activating group) is 1. The van der Waals surface area contributed by atoms with Gasteiger partial charge in [-0.15, -0.1) is 0 Å². The normalized spacial score (nSPS) is 17.3. The predicted octanol–water partition coefficient (Wildman–Crippen LogP) is 2.24. The van der Waals surface area contributed by atoms with Crippen LogP contribution in [0.3, 0.4) is 0 Å². The van der Waals surface area contributed by atoms with Crippen molar-refractivity contribution in [3.05, 3.63) is 35.6 Å². The molecule has 0 bridgehead atoms. The lowest BCUT2D eigenvalue weighted by Crippen LogP contribution is -2.42. The first-order chi connectivity index (χ1) is 10.5. The Morgan fingerprint density at radius 2 is 2.05 bits per heavy atom. The number of aliphatic hydroxyl groups excluding tert-OH is 1. The van der Waals surface area contributed by atoms with Crippen molar-refractivity contribution in [1.82, 2.24) is 10.2 Å². The van der Waals surface area contributed by atoms with Gasteiger partial charge in [-0.2, -0.15) is 0 Å². The lowest BCUT2D eigenvalue weighted by molar-refractivity contribution is -0.123. The first-order valence-electron chi connectivity index (χ1n) is 7.96. The van der Waals surface area contributed by atoms with E-state index in [4.69, 9.17) is 0 Å². The van der Waals surface area contributed by atoms with Crippen molar-refractivity contribution in [2.24, 2.45) is 0 Å². The Hall–Kier alpha value is -1.46. The molecule has 1 amide bonds. The smallest absolute Gasteiger partial charge is 0.234 e. The second kappa shape index (κ2) is 7.70. The molecule has 2 unspecified atom stereocenters. The summed E-state index contributed by atoms with van der Waals surface area (Å²) in [7, 11) is 0. The van der Waals surface area contributed by atoms with E-state index < -0.39 is 6.10 Å². The van der Waals surface area contributed by atoms with Crippen molar-refractivity contribution in [2.75, 3.05) is 13.1 Å². The highest BCUT2D eigenvalue weighted by molar-refractivity contribution is 5.78. The van der Waals surface area contributed by atoms with Gasteiger partial charge in [-0.05, 0) is 50.4 Å². The summed E-state index contributed by atoms with van der Waals surface area (Å²) in [5.74, 6) is -0.329. The summed E-state index contributed by atoms with van der Waals surface area (Å²) in [4.78, 5) is 14.2. The SMILES string of the molecule is CCN(CC(=O)NC(C)CC(O)c1ccc(F)cc1)C1CC1. The number of hydrogen-bond donors (Lipinski definition) is 2. The number of carbonyl (C=O) groups is 1. The maximum atomic E-state index is 12.9. The van der Waals surface area contributed by atoms with Gasteiger partial charge in [-0.25, -0.2) is 4.39 Å². The third-order valence-corrected chi connectivity index (χ3v) is 4.06. The van der Waals surface area contributed by atoms with Crippen molar-refractivity contribution in [3.8, 4) is 0 Å². The lowest BCUT2D eigenvalue weighted by atomic mass is 10.0. The zero-order valence-electron chi connectivity index (χ0n) is 13.3. The molecule has 1 saturated carbocycles. The number of halogens is 1. The molecule has 5 heteroatoms. The average Bonchev–Trinajstić information content (AvgIpc) is 3.29. The van der Waals surface area contributed by atoms with Crippen LogP contribution in [0.5, 0.6) is 0 Å². The van der Waals surface area contributed by atoms with Crippen LogP contribution in [0.1, 0.15) is 44.8 Å². The molecule has 0 aliphatic heterocycles. The quantitative estimate of drug-likeness (QED) is 0.774. The number of nitrogens with one attached hydrogen (secondary N) is 1. The van der Waals surface area contributed by atoms with Gasteiger partial charge in [0.2, 0.25) is 5.91 Å². The highest BCUT2D eigenvalue weighted by Crippen LogP contribution is 2.26. The van der Waals surface area contributed by atoms with Crippen LogP contribution in [0.4, 0.5) is 4.39 Å². The van der Waals surface area contributed by atoms with Crippen molar-refractivity contribution < 1.29 is 14.3 Å². The first kappa shape index (κ1) is 16.9. The van der Waals surface area contributed by atoms with Crippen LogP contribution in [0.25, 0.3) is 0 Å². The van der Waals surface area contributed by atoms with Crippen LogP contribution < -0.4 is 5.32 Å². The fourth-order valence-corrected chi connectivity index (χ4v) is 2.66. The summed E-state index contributed by atoms with van der Waals surface area (Å²) in [6, 6.07) is 6.23. The molecule has 1 aromatic rings. The highest BCUT2D eigenvalue weighted by atomic mass is 19.1. The molecular weight excluding hydrogens is 283 g/mol. The number of rotatable bonds is 8. The van der Waals surface area contributed by atoms with Gasteiger partial charge < -0.3 is 10.4 Å². The minimum atomic E-state index is -0.707. The molecule has 1 aliphatic carbocycles. The maximum absolute atomic E-state index is 12.9. The molecule has 22 heavy (non-hydrogen) atoms. The second-order valence-corrected chi connectivity index (χ2v) is 6.07. The first-order valence-corrected chi connectivity index (χ1v) is 7.96. The molecule has 1 fully saturated rings. The van der Waals surface area contributed by atoms with E-state index in [9.17, 15) is 14.3 Å². The number of nitrogens with zero attached hydrogens (tertiary/aromatic N) is 1. The third kappa shape index (κ3) is 5.07. The molecule has 4 nitrogen and oxygen atoms in total. The fourth-order valence-electron chi connectivity index (χ4n) is 2.66. The van der Waals surface area contributed by atoms with E-state index in [0.717, 1.165) is 6.54 Å². The Balaban J connectivity index is 1.77. The van der Waals surface area contributed by atoms with E-state index in [2.05, 4.69) is 17.1 Å². The number of hydrogen-bond acceptors (Lipinski definition) is 3. The zero-order chi connectivity index (χ0) is 16.1. The van der Waals surface area contributed by atoms with Crippen molar-refractivity contribution in [1.29, 1.82) is 0 Å². The van der Waals surface area contributed by atoms with Crippen LogP contribution in [-0.4, -0.2) is 41.1 Å². The van der Waals surface area contributed by atoms with E-state index in [1.165, 1.54) is 25.0 Å². The van der Waals surface area contributed by atoms with Crippen molar-refractivity contribution in [2.45, 2.75) is 51.3 Å². The maximum Gasteiger partial charge on any atom is 0.234 e. The largest absolute Gasteiger partial charge is 0.388 e. The molecule has 0 heterocycles. The van der Waals surface area contributed by atoms with Crippen molar-refractivity contribution in [3.63, 3.8) is 0 Å². The van der Waals surface area contributed by atoms with E-state index in [-0.39, 0.29) is 17.8 Å². The van der Waals surface area contributed by atoms with Crippen LogP contribution in [-0.2, 0) is 4.79 Å². The summed E-state index contributed by atoms with van der Waals surface area (Å²) in [6.45, 7) is 5.23. The Labute approximate surface area is 131 Å². The lowest BCUT2D eigenvalue weighted by Gasteiger charge is -2.22. The molecular formula is C17H25FN2O2. The van der Waals surface area contributed by atoms with Gasteiger partial charge in [-0.3, -0.25) is 9.69 Å². The van der Waals surface area contributed by atoms with Gasteiger partial charge in [0.05, 0.1) is 12.6 Å². The average molecular weight is 308 g/mol. The molecule has 0 aromatic heterocycles. The molecule has 2 N–H and O–H groups in total. The summed E-state index contributed by atoms with van der Waals surface area (Å²) in [5, 5.41) is 13.1. The molecule has 0 radical (unpaired) electrons. The van der Waals surface area contributed by atoms with Gasteiger partial charge >= 0.3 is 0 Å². The summed E-state index contributed by atoms with van der Waals surface area (Å²) in [5.41, 5.74) is 0.663. The van der Waals surface area contributed by atoms with Gasteiger partial charge in [0.25, 0.3) is 0 Å². The van der Waals surface area contributed by atoms with E-state index in [1.54, 1.807) is 12.1 Å². The zero-order valence-corrected chi connectivity index (χ0v) is 13.3. The summed E-state index contributed by atoms with van der Waals surface area (Å²) < 4.78 is 12.9. The van der Waals surface area contributed by atoms with E-state index in [1.807, 2.05) is 6.92 Å².